The van der Waals surface area contributed by atoms with Gasteiger partial charge in [-0.05, 0) is 41.3 Å². The fourth-order valence-electron chi connectivity index (χ4n) is 1.98. The van der Waals surface area contributed by atoms with Gasteiger partial charge >= 0.3 is 0 Å². The lowest BCUT2D eigenvalue weighted by molar-refractivity contribution is 0.224. The van der Waals surface area contributed by atoms with Crippen molar-refractivity contribution in [3.63, 3.8) is 0 Å². The molecule has 1 N–H and O–H groups in total. The van der Waals surface area contributed by atoms with Crippen LogP contribution in [0, 0.1) is 0 Å². The number of thiophene rings is 1. The molecule has 0 bridgehead atoms. The second-order valence-electron chi connectivity index (χ2n) is 4.36. The quantitative estimate of drug-likeness (QED) is 0.852. The molecule has 2 aromatic rings. The number of aliphatic hydroxyl groups excluding tert-OH is 1. The van der Waals surface area contributed by atoms with Gasteiger partial charge in [0.2, 0.25) is 0 Å². The summed E-state index contributed by atoms with van der Waals surface area (Å²) in [6.45, 7) is 0. The lowest BCUT2D eigenvalue weighted by Gasteiger charge is -2.09. The van der Waals surface area contributed by atoms with Crippen LogP contribution in [0.4, 0.5) is 0 Å². The van der Waals surface area contributed by atoms with Crippen molar-refractivity contribution in [2.24, 2.45) is 0 Å². The first-order valence-electron chi connectivity index (χ1n) is 5.66. The van der Waals surface area contributed by atoms with Crippen LogP contribution in [0.2, 0.25) is 0 Å². The molecule has 1 fully saturated rings. The molecule has 1 aromatic carbocycles. The van der Waals surface area contributed by atoms with Gasteiger partial charge in [-0.25, -0.2) is 0 Å². The third-order valence-corrected chi connectivity index (χ3v) is 4.04. The number of aliphatic hydroxyl groups is 1. The summed E-state index contributed by atoms with van der Waals surface area (Å²) in [4.78, 5) is 1.01. The molecule has 1 saturated carbocycles. The van der Waals surface area contributed by atoms with Gasteiger partial charge in [0.25, 0.3) is 0 Å². The minimum Gasteiger partial charge on any atom is -0.383 e. The molecule has 82 valence electrons. The SMILES string of the molecule is OC(c1ccc(C2CC2)cc1)c1cccs1. The average molecular weight is 230 g/mol. The van der Waals surface area contributed by atoms with Crippen LogP contribution in [0.1, 0.15) is 40.9 Å². The van der Waals surface area contributed by atoms with Crippen molar-refractivity contribution in [1.82, 2.24) is 0 Å². The monoisotopic (exact) mass is 230 g/mol. The van der Waals surface area contributed by atoms with E-state index in [-0.39, 0.29) is 0 Å². The van der Waals surface area contributed by atoms with E-state index in [1.165, 1.54) is 18.4 Å². The van der Waals surface area contributed by atoms with E-state index in [1.54, 1.807) is 11.3 Å². The van der Waals surface area contributed by atoms with Crippen LogP contribution in [-0.2, 0) is 0 Å². The molecule has 1 aliphatic carbocycles. The number of rotatable bonds is 3. The third kappa shape index (κ3) is 1.91. The summed E-state index contributed by atoms with van der Waals surface area (Å²) in [7, 11) is 0. The second-order valence-corrected chi connectivity index (χ2v) is 5.34. The Kier molecular flexibility index (Phi) is 2.54. The molecular formula is C14H14OS. The normalized spacial score (nSPS) is 17.3. The predicted molar refractivity (Wildman–Crippen MR) is 66.8 cm³/mol. The summed E-state index contributed by atoms with van der Waals surface area (Å²) >= 11 is 1.60. The summed E-state index contributed by atoms with van der Waals surface area (Å²) in [5.41, 5.74) is 2.41. The van der Waals surface area contributed by atoms with Crippen molar-refractivity contribution in [3.8, 4) is 0 Å². The smallest absolute Gasteiger partial charge is 0.113 e. The molecule has 1 nitrogen and oxygen atoms in total. The lowest BCUT2D eigenvalue weighted by atomic mass is 10.0. The van der Waals surface area contributed by atoms with Gasteiger partial charge in [-0.1, -0.05) is 30.3 Å². The van der Waals surface area contributed by atoms with Crippen LogP contribution in [0.3, 0.4) is 0 Å². The van der Waals surface area contributed by atoms with Crippen molar-refractivity contribution in [1.29, 1.82) is 0 Å². The van der Waals surface area contributed by atoms with Gasteiger partial charge in [-0.15, -0.1) is 11.3 Å². The highest BCUT2D eigenvalue weighted by atomic mass is 32.1. The zero-order valence-electron chi connectivity index (χ0n) is 8.97. The Morgan fingerprint density at radius 3 is 2.44 bits per heavy atom. The molecule has 0 aliphatic heterocycles. The van der Waals surface area contributed by atoms with Crippen LogP contribution in [0.15, 0.2) is 41.8 Å². The van der Waals surface area contributed by atoms with E-state index >= 15 is 0 Å². The Bertz CT molecular complexity index is 454. The molecular weight excluding hydrogens is 216 g/mol. The second kappa shape index (κ2) is 4.04. The molecule has 0 radical (unpaired) electrons. The van der Waals surface area contributed by atoms with Gasteiger partial charge in [0.05, 0.1) is 0 Å². The van der Waals surface area contributed by atoms with Crippen LogP contribution >= 0.6 is 11.3 Å². The van der Waals surface area contributed by atoms with E-state index in [4.69, 9.17) is 0 Å². The number of hydrogen-bond acceptors (Lipinski definition) is 2. The van der Waals surface area contributed by atoms with Gasteiger partial charge in [0.15, 0.2) is 0 Å². The Labute approximate surface area is 99.4 Å². The van der Waals surface area contributed by atoms with Crippen molar-refractivity contribution < 1.29 is 5.11 Å². The minimum absolute atomic E-state index is 0.465. The van der Waals surface area contributed by atoms with E-state index < -0.39 is 6.10 Å². The van der Waals surface area contributed by atoms with Crippen LogP contribution in [-0.4, -0.2) is 5.11 Å². The topological polar surface area (TPSA) is 20.2 Å². The molecule has 1 aromatic heterocycles. The molecule has 3 rings (SSSR count). The first-order valence-corrected chi connectivity index (χ1v) is 6.54. The maximum Gasteiger partial charge on any atom is 0.113 e. The molecule has 2 heteroatoms. The summed E-state index contributed by atoms with van der Waals surface area (Å²) in [6, 6.07) is 12.4. The van der Waals surface area contributed by atoms with Gasteiger partial charge < -0.3 is 5.11 Å². The molecule has 0 spiro atoms. The first kappa shape index (κ1) is 10.1. The van der Waals surface area contributed by atoms with Crippen LogP contribution in [0.5, 0.6) is 0 Å². The predicted octanol–water partition coefficient (Wildman–Crippen LogP) is 3.71. The third-order valence-electron chi connectivity index (χ3n) is 3.11. The van der Waals surface area contributed by atoms with Gasteiger partial charge in [0.1, 0.15) is 6.10 Å². The van der Waals surface area contributed by atoms with Crippen molar-refractivity contribution >= 4 is 11.3 Å². The van der Waals surface area contributed by atoms with Gasteiger partial charge in [-0.3, -0.25) is 0 Å². The van der Waals surface area contributed by atoms with E-state index in [1.807, 2.05) is 17.5 Å². The summed E-state index contributed by atoms with van der Waals surface area (Å²) in [6.07, 6.45) is 2.19. The zero-order valence-corrected chi connectivity index (χ0v) is 9.78. The summed E-state index contributed by atoms with van der Waals surface area (Å²) in [5.74, 6) is 0.785. The molecule has 1 aliphatic rings. The average Bonchev–Trinajstić information content (AvgIpc) is 3.04. The number of hydrogen-bond donors (Lipinski definition) is 1. The maximum atomic E-state index is 10.1. The molecule has 0 amide bonds. The largest absolute Gasteiger partial charge is 0.383 e. The Morgan fingerprint density at radius 2 is 1.88 bits per heavy atom. The van der Waals surface area contributed by atoms with E-state index in [0.29, 0.717) is 0 Å². The summed E-state index contributed by atoms with van der Waals surface area (Å²) < 4.78 is 0. The molecule has 16 heavy (non-hydrogen) atoms. The highest BCUT2D eigenvalue weighted by molar-refractivity contribution is 7.10. The van der Waals surface area contributed by atoms with Crippen molar-refractivity contribution in [2.45, 2.75) is 24.9 Å². The lowest BCUT2D eigenvalue weighted by Crippen LogP contribution is -1.96. The molecule has 0 saturated heterocycles. The molecule has 1 heterocycles. The van der Waals surface area contributed by atoms with E-state index in [2.05, 4.69) is 24.3 Å². The zero-order chi connectivity index (χ0) is 11.0. The van der Waals surface area contributed by atoms with Crippen LogP contribution in [0.25, 0.3) is 0 Å². The van der Waals surface area contributed by atoms with Crippen molar-refractivity contribution in [2.75, 3.05) is 0 Å². The standard InChI is InChI=1S/C14H14OS/c15-14(13-2-1-9-16-13)12-7-5-11(6-8-12)10-3-4-10/h1-2,5-10,14-15H,3-4H2. The van der Waals surface area contributed by atoms with Crippen LogP contribution < -0.4 is 0 Å². The highest BCUT2D eigenvalue weighted by Gasteiger charge is 2.23. The van der Waals surface area contributed by atoms with Gasteiger partial charge in [0, 0.05) is 4.88 Å². The summed E-state index contributed by atoms with van der Waals surface area (Å²) in [5, 5.41) is 12.1. The Morgan fingerprint density at radius 1 is 1.12 bits per heavy atom. The Hall–Kier alpha value is -1.12. The first-order chi connectivity index (χ1) is 7.84. The number of benzene rings is 1. The molecule has 1 atom stereocenters. The maximum absolute atomic E-state index is 10.1. The Balaban J connectivity index is 1.83. The van der Waals surface area contributed by atoms with Crippen molar-refractivity contribution in [3.05, 3.63) is 57.8 Å². The van der Waals surface area contributed by atoms with Gasteiger partial charge in [-0.2, -0.15) is 0 Å². The molecule has 1 unspecified atom stereocenters. The fourth-order valence-corrected chi connectivity index (χ4v) is 2.71. The minimum atomic E-state index is -0.465. The van der Waals surface area contributed by atoms with E-state index in [0.717, 1.165) is 16.4 Å². The van der Waals surface area contributed by atoms with E-state index in [9.17, 15) is 5.11 Å². The fraction of sp³-hybridized carbons (Fsp3) is 0.286. The highest BCUT2D eigenvalue weighted by Crippen LogP contribution is 2.40.